The van der Waals surface area contributed by atoms with E-state index in [9.17, 15) is 0 Å². The van der Waals surface area contributed by atoms with Crippen molar-refractivity contribution < 1.29 is 0 Å². The molecule has 4 nitrogen and oxygen atoms in total. The fourth-order valence-corrected chi connectivity index (χ4v) is 10.1. The molecule has 0 saturated carbocycles. The van der Waals surface area contributed by atoms with Crippen LogP contribution < -0.4 is 0 Å². The topological polar surface area (TPSA) is 43.6 Å². The van der Waals surface area contributed by atoms with Crippen molar-refractivity contribution in [2.75, 3.05) is 0 Å². The molecule has 0 radical (unpaired) electrons. The maximum atomic E-state index is 5.29. The first kappa shape index (κ1) is 28.6. The third-order valence-electron chi connectivity index (χ3n) is 9.88. The number of benzene rings is 7. The van der Waals surface area contributed by atoms with E-state index in [1.807, 2.05) is 29.5 Å². The van der Waals surface area contributed by atoms with Gasteiger partial charge in [-0.1, -0.05) is 121 Å². The van der Waals surface area contributed by atoms with Gasteiger partial charge in [0.1, 0.15) is 0 Å². The van der Waals surface area contributed by atoms with Crippen LogP contribution in [-0.4, -0.2) is 19.5 Å². The van der Waals surface area contributed by atoms with Gasteiger partial charge < -0.3 is 4.57 Å². The zero-order valence-electron chi connectivity index (χ0n) is 27.1. The van der Waals surface area contributed by atoms with Crippen molar-refractivity contribution >= 4 is 84.8 Å². The number of thiophene rings is 2. The van der Waals surface area contributed by atoms with Gasteiger partial charge in [0.25, 0.3) is 0 Å². The summed E-state index contributed by atoms with van der Waals surface area (Å²) in [4.78, 5) is 15.6. The Labute approximate surface area is 300 Å². The van der Waals surface area contributed by atoms with Gasteiger partial charge in [0, 0.05) is 63.1 Å². The van der Waals surface area contributed by atoms with Crippen LogP contribution in [0.1, 0.15) is 0 Å². The van der Waals surface area contributed by atoms with Crippen molar-refractivity contribution in [3.05, 3.63) is 158 Å². The highest BCUT2D eigenvalue weighted by Gasteiger charge is 2.21. The summed E-state index contributed by atoms with van der Waals surface area (Å²) in [5.41, 5.74) is 6.56. The van der Waals surface area contributed by atoms with E-state index >= 15 is 0 Å². The molecule has 0 amide bonds. The van der Waals surface area contributed by atoms with Gasteiger partial charge in [-0.2, -0.15) is 0 Å². The molecule has 0 bridgehead atoms. The van der Waals surface area contributed by atoms with Crippen molar-refractivity contribution in [1.29, 1.82) is 0 Å². The Balaban J connectivity index is 1.18. The van der Waals surface area contributed by atoms with E-state index in [2.05, 4.69) is 144 Å². The maximum absolute atomic E-state index is 5.29. The molecule has 0 N–H and O–H groups in total. The Morgan fingerprint density at radius 1 is 0.373 bits per heavy atom. The number of fused-ring (bicyclic) bond motifs is 9. The monoisotopic (exact) mass is 686 g/mol. The summed E-state index contributed by atoms with van der Waals surface area (Å²) in [6.07, 6.45) is 0. The quantitative estimate of drug-likeness (QED) is 0.185. The predicted molar refractivity (Wildman–Crippen MR) is 216 cm³/mol. The molecule has 11 rings (SSSR count). The van der Waals surface area contributed by atoms with E-state index in [0.717, 1.165) is 22.1 Å². The molecule has 6 heteroatoms. The van der Waals surface area contributed by atoms with Crippen LogP contribution in [0.5, 0.6) is 0 Å². The van der Waals surface area contributed by atoms with Crippen LogP contribution in [0.2, 0.25) is 0 Å². The lowest BCUT2D eigenvalue weighted by atomic mass is 10.0. The number of para-hydroxylation sites is 2. The molecule has 0 atom stereocenters. The third-order valence-corrected chi connectivity index (χ3v) is 12.3. The van der Waals surface area contributed by atoms with E-state index < -0.39 is 0 Å². The molecule has 0 aliphatic carbocycles. The molecule has 0 aliphatic heterocycles. The fraction of sp³-hybridized carbons (Fsp3) is 0. The van der Waals surface area contributed by atoms with Crippen molar-refractivity contribution in [1.82, 2.24) is 19.5 Å². The average Bonchev–Trinajstić information content (AvgIpc) is 3.88. The predicted octanol–water partition coefficient (Wildman–Crippen LogP) is 12.7. The second kappa shape index (κ2) is 11.2. The van der Waals surface area contributed by atoms with E-state index in [0.29, 0.717) is 17.5 Å². The zero-order valence-corrected chi connectivity index (χ0v) is 28.7. The number of nitrogens with zero attached hydrogens (tertiary/aromatic N) is 4. The lowest BCUT2D eigenvalue weighted by molar-refractivity contribution is 1.08. The van der Waals surface area contributed by atoms with Gasteiger partial charge in [-0.05, 0) is 36.4 Å². The number of hydrogen-bond acceptors (Lipinski definition) is 5. The molecule has 0 aliphatic rings. The van der Waals surface area contributed by atoms with Crippen LogP contribution in [0.3, 0.4) is 0 Å². The van der Waals surface area contributed by atoms with Crippen LogP contribution in [0.4, 0.5) is 0 Å². The lowest BCUT2D eigenvalue weighted by Crippen LogP contribution is -2.00. The molecule has 0 spiro atoms. The molecule has 238 valence electrons. The summed E-state index contributed by atoms with van der Waals surface area (Å²) in [5.74, 6) is 2.01. The number of rotatable bonds is 4. The summed E-state index contributed by atoms with van der Waals surface area (Å²) >= 11 is 3.62. The Morgan fingerprint density at radius 3 is 1.73 bits per heavy atom. The minimum Gasteiger partial charge on any atom is -0.308 e. The van der Waals surface area contributed by atoms with Crippen molar-refractivity contribution in [2.45, 2.75) is 0 Å². The molecule has 0 unspecified atom stereocenters. The summed E-state index contributed by atoms with van der Waals surface area (Å²) in [6, 6.07) is 55.9. The highest BCUT2D eigenvalue weighted by atomic mass is 32.1. The van der Waals surface area contributed by atoms with E-state index in [4.69, 9.17) is 15.0 Å². The molecule has 0 fully saturated rings. The van der Waals surface area contributed by atoms with Gasteiger partial charge in [-0.25, -0.2) is 15.0 Å². The molecular weight excluding hydrogens is 661 g/mol. The van der Waals surface area contributed by atoms with Gasteiger partial charge in [0.15, 0.2) is 17.5 Å². The lowest BCUT2D eigenvalue weighted by Gasteiger charge is -2.11. The molecule has 11 aromatic rings. The third kappa shape index (κ3) is 4.34. The SMILES string of the molecule is c1ccc(-c2nc(-c3cccc4c3sc3ccccc34)nc(-c3cccc4sc5c(-n6c7ccccc7c7ccccc76)cccc5c34)n2)cc1. The highest BCUT2D eigenvalue weighted by molar-refractivity contribution is 7.26. The summed E-state index contributed by atoms with van der Waals surface area (Å²) in [5, 5.41) is 7.35. The summed E-state index contributed by atoms with van der Waals surface area (Å²) < 4.78 is 7.29. The van der Waals surface area contributed by atoms with Crippen molar-refractivity contribution in [2.24, 2.45) is 0 Å². The van der Waals surface area contributed by atoms with E-state index in [1.165, 1.54) is 62.5 Å². The van der Waals surface area contributed by atoms with Gasteiger partial charge in [-0.15, -0.1) is 22.7 Å². The van der Waals surface area contributed by atoms with Crippen LogP contribution in [-0.2, 0) is 0 Å². The second-order valence-corrected chi connectivity index (χ2v) is 14.9. The Morgan fingerprint density at radius 2 is 0.922 bits per heavy atom. The number of aromatic nitrogens is 4. The minimum absolute atomic E-state index is 0.663. The van der Waals surface area contributed by atoms with Gasteiger partial charge in [0.2, 0.25) is 0 Å². The fourth-order valence-electron chi connectivity index (χ4n) is 7.63. The van der Waals surface area contributed by atoms with Gasteiger partial charge in [-0.3, -0.25) is 0 Å². The van der Waals surface area contributed by atoms with Crippen molar-refractivity contribution in [3.8, 4) is 39.9 Å². The highest BCUT2D eigenvalue weighted by Crippen LogP contribution is 2.45. The molecule has 4 aromatic heterocycles. The largest absolute Gasteiger partial charge is 0.308 e. The van der Waals surface area contributed by atoms with Crippen molar-refractivity contribution in [3.63, 3.8) is 0 Å². The standard InChI is InChI=1S/C45H26N4S2/c1-2-13-27(14-3-1)43-46-44(48-45(47-43)34-21-10-18-31-30-17-6-9-25-38(30)50-41(31)34)33-20-12-26-39-40(33)32-19-11-24-37(42(32)51-39)49-35-22-7-4-15-28(35)29-16-5-8-23-36(29)49/h1-26H. The van der Waals surface area contributed by atoms with Crippen LogP contribution >= 0.6 is 22.7 Å². The van der Waals surface area contributed by atoms with Crippen LogP contribution in [0, 0.1) is 0 Å². The summed E-state index contributed by atoms with van der Waals surface area (Å²) in [6.45, 7) is 0. The molecule has 51 heavy (non-hydrogen) atoms. The molecule has 7 aromatic carbocycles. The molecule has 4 heterocycles. The molecule has 0 saturated heterocycles. The first-order valence-corrected chi connectivity index (χ1v) is 18.6. The number of hydrogen-bond donors (Lipinski definition) is 0. The molecular formula is C45H26N4S2. The Hall–Kier alpha value is -6.21. The Bertz CT molecular complexity index is 3100. The minimum atomic E-state index is 0.663. The van der Waals surface area contributed by atoms with Crippen LogP contribution in [0.15, 0.2) is 158 Å². The van der Waals surface area contributed by atoms with E-state index in [-0.39, 0.29) is 0 Å². The average molecular weight is 687 g/mol. The first-order valence-electron chi connectivity index (χ1n) is 17.0. The van der Waals surface area contributed by atoms with Gasteiger partial charge in [0.05, 0.1) is 21.4 Å². The normalized spacial score (nSPS) is 11.9. The maximum Gasteiger partial charge on any atom is 0.165 e. The zero-order chi connectivity index (χ0) is 33.5. The first-order chi connectivity index (χ1) is 25.3. The smallest absolute Gasteiger partial charge is 0.165 e. The van der Waals surface area contributed by atoms with Gasteiger partial charge >= 0.3 is 0 Å². The summed E-state index contributed by atoms with van der Waals surface area (Å²) in [7, 11) is 0. The Kier molecular flexibility index (Phi) is 6.26. The second-order valence-electron chi connectivity index (χ2n) is 12.8. The van der Waals surface area contributed by atoms with Crippen LogP contribution in [0.25, 0.3) is 102 Å². The van der Waals surface area contributed by atoms with E-state index in [1.54, 1.807) is 11.3 Å².